The van der Waals surface area contributed by atoms with Crippen LogP contribution in [0.2, 0.25) is 0 Å². The van der Waals surface area contributed by atoms with Crippen molar-refractivity contribution in [1.29, 1.82) is 0 Å². The van der Waals surface area contributed by atoms with Crippen LogP contribution in [0.4, 0.5) is 0 Å². The Morgan fingerprint density at radius 1 is 1.69 bits per heavy atom. The minimum absolute atomic E-state index is 0.363. The van der Waals surface area contributed by atoms with Crippen molar-refractivity contribution in [2.75, 3.05) is 0 Å². The van der Waals surface area contributed by atoms with Gasteiger partial charge in [-0.3, -0.25) is 0 Å². The van der Waals surface area contributed by atoms with Crippen LogP contribution >= 0.6 is 15.9 Å². The van der Waals surface area contributed by atoms with Gasteiger partial charge in [-0.15, -0.1) is 0 Å². The average Bonchev–Trinajstić information content (AvgIpc) is 2.45. The summed E-state index contributed by atoms with van der Waals surface area (Å²) >= 11 is 3.43. The smallest absolute Gasteiger partial charge is 0.132 e. The van der Waals surface area contributed by atoms with Gasteiger partial charge in [-0.05, 0) is 35.2 Å². The maximum atomic E-state index is 9.79. The predicted molar refractivity (Wildman–Crippen MR) is 53.5 cm³/mol. The van der Waals surface area contributed by atoms with Crippen LogP contribution in [0.25, 0.3) is 0 Å². The molecular weight excluding hydrogens is 232 g/mol. The van der Waals surface area contributed by atoms with E-state index in [9.17, 15) is 5.11 Å². The van der Waals surface area contributed by atoms with Gasteiger partial charge in [-0.25, -0.2) is 4.98 Å². The van der Waals surface area contributed by atoms with Crippen molar-refractivity contribution in [1.82, 2.24) is 9.55 Å². The summed E-state index contributed by atoms with van der Waals surface area (Å²) in [6.45, 7) is 2.06. The zero-order valence-corrected chi connectivity index (χ0v) is 9.21. The number of hydrogen-bond donors (Lipinski definition) is 1. The Morgan fingerprint density at radius 3 is 3.15 bits per heavy atom. The standard InChI is InChI=1S/C9H13BrN2O/c1-2-7-11-9(10)6-4-3-5-8(13)12(6)7/h8,13H,2-5H2,1H3. The Balaban J connectivity index is 2.52. The van der Waals surface area contributed by atoms with Gasteiger partial charge in [0, 0.05) is 6.42 Å². The Kier molecular flexibility index (Phi) is 2.43. The summed E-state index contributed by atoms with van der Waals surface area (Å²) in [4.78, 5) is 4.38. The molecule has 1 aliphatic heterocycles. The SMILES string of the molecule is CCc1nc(Br)c2n1C(O)CCC2. The summed E-state index contributed by atoms with van der Waals surface area (Å²) in [6, 6.07) is 0. The highest BCUT2D eigenvalue weighted by Gasteiger charge is 2.23. The molecule has 0 fully saturated rings. The first-order valence-corrected chi connectivity index (χ1v) is 5.47. The molecule has 2 rings (SSSR count). The summed E-state index contributed by atoms with van der Waals surface area (Å²) < 4.78 is 2.87. The lowest BCUT2D eigenvalue weighted by atomic mass is 10.1. The minimum atomic E-state index is -0.363. The van der Waals surface area contributed by atoms with E-state index in [4.69, 9.17) is 0 Å². The Labute approximate surface area is 85.9 Å². The normalized spacial score (nSPS) is 21.6. The van der Waals surface area contributed by atoms with E-state index >= 15 is 0 Å². The Hall–Kier alpha value is -0.350. The Bertz CT molecular complexity index is 322. The molecule has 0 amide bonds. The molecule has 0 aliphatic carbocycles. The molecular formula is C9H13BrN2O. The van der Waals surface area contributed by atoms with Gasteiger partial charge in [0.2, 0.25) is 0 Å². The van der Waals surface area contributed by atoms with Crippen molar-refractivity contribution in [3.63, 3.8) is 0 Å². The van der Waals surface area contributed by atoms with E-state index < -0.39 is 0 Å². The largest absolute Gasteiger partial charge is 0.373 e. The van der Waals surface area contributed by atoms with Crippen LogP contribution in [-0.2, 0) is 12.8 Å². The zero-order chi connectivity index (χ0) is 9.42. The van der Waals surface area contributed by atoms with Crippen LogP contribution in [0.3, 0.4) is 0 Å². The number of rotatable bonds is 1. The number of fused-ring (bicyclic) bond motifs is 1. The van der Waals surface area contributed by atoms with E-state index in [-0.39, 0.29) is 6.23 Å². The maximum absolute atomic E-state index is 9.79. The van der Waals surface area contributed by atoms with Gasteiger partial charge < -0.3 is 9.67 Å². The highest BCUT2D eigenvalue weighted by molar-refractivity contribution is 9.10. The van der Waals surface area contributed by atoms with E-state index in [1.54, 1.807) is 0 Å². The van der Waals surface area contributed by atoms with Gasteiger partial charge in [0.15, 0.2) is 0 Å². The van der Waals surface area contributed by atoms with E-state index in [1.165, 1.54) is 0 Å². The molecule has 1 unspecified atom stereocenters. The van der Waals surface area contributed by atoms with Gasteiger partial charge in [0.05, 0.1) is 5.69 Å². The lowest BCUT2D eigenvalue weighted by Crippen LogP contribution is -2.19. The number of halogens is 1. The lowest BCUT2D eigenvalue weighted by Gasteiger charge is -2.22. The second kappa shape index (κ2) is 3.42. The van der Waals surface area contributed by atoms with Crippen molar-refractivity contribution in [2.45, 2.75) is 38.8 Å². The third kappa shape index (κ3) is 1.42. The van der Waals surface area contributed by atoms with Crippen molar-refractivity contribution >= 4 is 15.9 Å². The predicted octanol–water partition coefficient (Wildman–Crippen LogP) is 2.04. The summed E-state index contributed by atoms with van der Waals surface area (Å²) in [5, 5.41) is 9.79. The first-order chi connectivity index (χ1) is 6.24. The van der Waals surface area contributed by atoms with E-state index in [2.05, 4.69) is 27.8 Å². The van der Waals surface area contributed by atoms with Gasteiger partial charge in [-0.2, -0.15) is 0 Å². The molecule has 0 radical (unpaired) electrons. The molecule has 0 saturated heterocycles. The third-order valence-electron chi connectivity index (χ3n) is 2.52. The summed E-state index contributed by atoms with van der Waals surface area (Å²) in [5.74, 6) is 0.981. The number of imidazole rings is 1. The van der Waals surface area contributed by atoms with Crippen molar-refractivity contribution in [2.24, 2.45) is 0 Å². The minimum Gasteiger partial charge on any atom is -0.373 e. The number of aliphatic hydroxyl groups excluding tert-OH is 1. The Morgan fingerprint density at radius 2 is 2.46 bits per heavy atom. The molecule has 13 heavy (non-hydrogen) atoms. The highest BCUT2D eigenvalue weighted by Crippen LogP contribution is 2.29. The molecule has 0 spiro atoms. The summed E-state index contributed by atoms with van der Waals surface area (Å²) in [7, 11) is 0. The molecule has 0 bridgehead atoms. The van der Waals surface area contributed by atoms with Crippen LogP contribution in [0, 0.1) is 0 Å². The lowest BCUT2D eigenvalue weighted by molar-refractivity contribution is 0.0758. The number of aromatic nitrogens is 2. The third-order valence-corrected chi connectivity index (χ3v) is 3.16. The van der Waals surface area contributed by atoms with Gasteiger partial charge in [-0.1, -0.05) is 6.92 Å². The number of nitrogens with zero attached hydrogens (tertiary/aromatic N) is 2. The van der Waals surface area contributed by atoms with Crippen molar-refractivity contribution in [3.8, 4) is 0 Å². The van der Waals surface area contributed by atoms with E-state index in [1.807, 2.05) is 4.57 Å². The van der Waals surface area contributed by atoms with E-state index in [0.29, 0.717) is 0 Å². The molecule has 4 heteroatoms. The fourth-order valence-corrected chi connectivity index (χ4v) is 2.49. The highest BCUT2D eigenvalue weighted by atomic mass is 79.9. The molecule has 1 atom stereocenters. The fraction of sp³-hybridized carbons (Fsp3) is 0.667. The summed E-state index contributed by atoms with van der Waals surface area (Å²) in [5.41, 5.74) is 1.15. The van der Waals surface area contributed by atoms with Crippen molar-refractivity contribution < 1.29 is 5.11 Å². The second-order valence-electron chi connectivity index (χ2n) is 3.36. The molecule has 0 saturated carbocycles. The van der Waals surface area contributed by atoms with Crippen LogP contribution in [0.5, 0.6) is 0 Å². The first-order valence-electron chi connectivity index (χ1n) is 4.67. The molecule has 1 aromatic heterocycles. The number of aliphatic hydroxyl groups is 1. The molecule has 1 aliphatic rings. The molecule has 0 aromatic carbocycles. The van der Waals surface area contributed by atoms with Crippen LogP contribution in [0.15, 0.2) is 4.60 Å². The first kappa shape index (κ1) is 9.21. The number of aryl methyl sites for hydroxylation is 1. The van der Waals surface area contributed by atoms with Gasteiger partial charge in [0.1, 0.15) is 16.7 Å². The quantitative estimate of drug-likeness (QED) is 0.822. The molecule has 3 nitrogen and oxygen atoms in total. The van der Waals surface area contributed by atoms with Crippen molar-refractivity contribution in [3.05, 3.63) is 16.1 Å². The molecule has 1 N–H and O–H groups in total. The molecule has 2 heterocycles. The van der Waals surface area contributed by atoms with Crippen LogP contribution in [0.1, 0.15) is 37.5 Å². The number of hydrogen-bond acceptors (Lipinski definition) is 2. The van der Waals surface area contributed by atoms with Gasteiger partial charge in [0.25, 0.3) is 0 Å². The van der Waals surface area contributed by atoms with E-state index in [0.717, 1.165) is 41.8 Å². The van der Waals surface area contributed by atoms with Gasteiger partial charge >= 0.3 is 0 Å². The maximum Gasteiger partial charge on any atom is 0.132 e. The summed E-state index contributed by atoms with van der Waals surface area (Å²) in [6.07, 6.45) is 3.43. The second-order valence-corrected chi connectivity index (χ2v) is 4.11. The molecule has 1 aromatic rings. The molecule has 72 valence electrons. The fourth-order valence-electron chi connectivity index (χ4n) is 1.89. The van der Waals surface area contributed by atoms with Crippen LogP contribution in [-0.4, -0.2) is 14.7 Å². The zero-order valence-electron chi connectivity index (χ0n) is 7.63. The van der Waals surface area contributed by atoms with Crippen LogP contribution < -0.4 is 0 Å². The monoisotopic (exact) mass is 244 g/mol. The topological polar surface area (TPSA) is 38.0 Å². The average molecular weight is 245 g/mol.